The molecular formula is C51H30N6. The van der Waals surface area contributed by atoms with E-state index in [1.54, 1.807) is 0 Å². The number of benzene rings is 9. The summed E-state index contributed by atoms with van der Waals surface area (Å²) in [5.41, 5.74) is 5.50. The van der Waals surface area contributed by atoms with Crippen LogP contribution in [0.2, 0.25) is 0 Å². The summed E-state index contributed by atoms with van der Waals surface area (Å²) in [5.74, 6) is 1.73. The number of pyridine rings is 1. The normalized spacial score (nSPS) is 12.4. The smallest absolute Gasteiger partial charge is 0.166 e. The number of fused-ring (bicyclic) bond motifs is 11. The first-order valence-corrected chi connectivity index (χ1v) is 19.1. The van der Waals surface area contributed by atoms with Crippen molar-refractivity contribution in [1.29, 1.82) is 0 Å². The molecule has 3 heterocycles. The molecule has 0 bridgehead atoms. The van der Waals surface area contributed by atoms with Crippen LogP contribution in [-0.4, -0.2) is 26.6 Å². The van der Waals surface area contributed by atoms with Crippen LogP contribution >= 0.6 is 0 Å². The molecule has 11 aromatic rings. The summed E-state index contributed by atoms with van der Waals surface area (Å²) < 4.78 is 0. The Morgan fingerprint density at radius 1 is 0.333 bits per heavy atom. The molecule has 0 spiro atoms. The zero-order valence-electron chi connectivity index (χ0n) is 30.6. The van der Waals surface area contributed by atoms with Gasteiger partial charge < -0.3 is 0 Å². The summed E-state index contributed by atoms with van der Waals surface area (Å²) in [4.78, 5) is 31.5. The van der Waals surface area contributed by atoms with E-state index in [0.29, 0.717) is 24.1 Å². The molecule has 264 valence electrons. The zero-order chi connectivity index (χ0) is 37.5. The van der Waals surface area contributed by atoms with Crippen molar-refractivity contribution in [2.75, 3.05) is 6.67 Å². The molecule has 2 aromatic heterocycles. The maximum absolute atomic E-state index is 5.40. The maximum Gasteiger partial charge on any atom is 0.166 e. The molecule has 1 aliphatic heterocycles. The van der Waals surface area contributed by atoms with Crippen molar-refractivity contribution in [3.05, 3.63) is 181 Å². The second-order valence-corrected chi connectivity index (χ2v) is 14.5. The third kappa shape index (κ3) is 4.90. The van der Waals surface area contributed by atoms with Crippen LogP contribution < -0.4 is 10.7 Å². The number of hydrogen-bond donors (Lipinski definition) is 0. The molecule has 9 aromatic carbocycles. The van der Waals surface area contributed by atoms with Crippen molar-refractivity contribution < 1.29 is 0 Å². The van der Waals surface area contributed by atoms with E-state index in [0.717, 1.165) is 92.7 Å². The van der Waals surface area contributed by atoms with Crippen molar-refractivity contribution in [2.45, 2.75) is 0 Å². The molecular weight excluding hydrogens is 697 g/mol. The van der Waals surface area contributed by atoms with Gasteiger partial charge in [-0.25, -0.2) is 19.9 Å². The minimum absolute atomic E-state index is 0.328. The zero-order valence-corrected chi connectivity index (χ0v) is 30.6. The van der Waals surface area contributed by atoms with Gasteiger partial charge in [0.15, 0.2) is 17.5 Å². The number of rotatable bonds is 4. The van der Waals surface area contributed by atoms with E-state index < -0.39 is 0 Å². The van der Waals surface area contributed by atoms with Crippen LogP contribution in [0.5, 0.6) is 0 Å². The molecule has 6 nitrogen and oxygen atoms in total. The van der Waals surface area contributed by atoms with E-state index in [9.17, 15) is 0 Å². The molecule has 12 rings (SSSR count). The second kappa shape index (κ2) is 12.4. The van der Waals surface area contributed by atoms with Crippen molar-refractivity contribution in [2.24, 2.45) is 9.98 Å². The molecule has 0 saturated carbocycles. The Hall–Kier alpha value is -7.70. The summed E-state index contributed by atoms with van der Waals surface area (Å²) in [7, 11) is 0. The Kier molecular flexibility index (Phi) is 6.89. The van der Waals surface area contributed by atoms with Crippen molar-refractivity contribution in [3.8, 4) is 45.4 Å². The number of para-hydroxylation sites is 1. The topological polar surface area (TPSA) is 76.3 Å². The van der Waals surface area contributed by atoms with Crippen LogP contribution in [0.3, 0.4) is 0 Å². The quantitative estimate of drug-likeness (QED) is 0.169. The van der Waals surface area contributed by atoms with Gasteiger partial charge in [0.05, 0.1) is 21.9 Å². The van der Waals surface area contributed by atoms with Crippen LogP contribution in [0.15, 0.2) is 180 Å². The lowest BCUT2D eigenvalue weighted by Crippen LogP contribution is -2.26. The molecule has 0 N–H and O–H groups in total. The van der Waals surface area contributed by atoms with Gasteiger partial charge in [0, 0.05) is 38.4 Å². The highest BCUT2D eigenvalue weighted by molar-refractivity contribution is 6.15. The van der Waals surface area contributed by atoms with Gasteiger partial charge in [-0.05, 0) is 67.4 Å². The van der Waals surface area contributed by atoms with E-state index in [1.807, 2.05) is 12.1 Å². The highest BCUT2D eigenvalue weighted by atomic mass is 15.0. The number of nitrogens with zero attached hydrogens (tertiary/aromatic N) is 6. The molecule has 1 aliphatic rings. The van der Waals surface area contributed by atoms with Crippen molar-refractivity contribution in [3.63, 3.8) is 0 Å². The first-order valence-electron chi connectivity index (χ1n) is 19.1. The van der Waals surface area contributed by atoms with Gasteiger partial charge in [0.25, 0.3) is 0 Å². The fourth-order valence-electron chi connectivity index (χ4n) is 8.77. The van der Waals surface area contributed by atoms with E-state index in [4.69, 9.17) is 29.9 Å². The standard InChI is InChI=1S/C51H30N6/c1-2-14-30(15-3-1)46-42-28-43(47-48(53-29-52-47)45(42)39-24-12-13-25-44(39)54-46)51-56-49(40-26-31-16-4-6-18-33(31)35-20-8-10-22-37(35)40)55-50(57-51)41-27-32-17-5-7-19-34(32)36-21-9-11-23-38(36)41/h1-28H,29H2. The summed E-state index contributed by atoms with van der Waals surface area (Å²) in [6, 6.07) is 59.3. The van der Waals surface area contributed by atoms with Gasteiger partial charge in [0.1, 0.15) is 6.67 Å². The molecule has 0 amide bonds. The highest BCUT2D eigenvalue weighted by Crippen LogP contribution is 2.38. The summed E-state index contributed by atoms with van der Waals surface area (Å²) in [6.07, 6.45) is 0. The van der Waals surface area contributed by atoms with Gasteiger partial charge >= 0.3 is 0 Å². The lowest BCUT2D eigenvalue weighted by Gasteiger charge is -2.15. The maximum atomic E-state index is 5.40. The molecule has 57 heavy (non-hydrogen) atoms. The van der Waals surface area contributed by atoms with Crippen LogP contribution in [0, 0.1) is 0 Å². The summed E-state index contributed by atoms with van der Waals surface area (Å²) in [5, 5.41) is 13.8. The van der Waals surface area contributed by atoms with Crippen LogP contribution in [-0.2, 0) is 0 Å². The first kappa shape index (κ1) is 31.6. The SMILES string of the molecule is c1ccc(-c2nc3ccccc3c3c4c(c(-c5nc(-c6cc7ccccc7c7ccccc67)nc(-c6cc7ccccc7c7ccccc67)n5)cc23)=NCN=4)cc1. The highest BCUT2D eigenvalue weighted by Gasteiger charge is 2.23. The predicted octanol–water partition coefficient (Wildman–Crippen LogP) is 11.1. The third-order valence-electron chi connectivity index (χ3n) is 11.3. The van der Waals surface area contributed by atoms with E-state index in [1.165, 1.54) is 10.8 Å². The monoisotopic (exact) mass is 726 g/mol. The van der Waals surface area contributed by atoms with Crippen molar-refractivity contribution >= 4 is 64.8 Å². The fraction of sp³-hybridized carbons (Fsp3) is 0.0196. The third-order valence-corrected chi connectivity index (χ3v) is 11.3. The van der Waals surface area contributed by atoms with Crippen LogP contribution in [0.25, 0.3) is 110 Å². The molecule has 6 heteroatoms. The second-order valence-electron chi connectivity index (χ2n) is 14.5. The lowest BCUT2D eigenvalue weighted by molar-refractivity contribution is 1.05. The Labute approximate surface area is 326 Å². The number of hydrogen-bond acceptors (Lipinski definition) is 6. The Morgan fingerprint density at radius 3 is 1.42 bits per heavy atom. The van der Waals surface area contributed by atoms with E-state index in [-0.39, 0.29) is 0 Å². The van der Waals surface area contributed by atoms with Gasteiger partial charge in [-0.3, -0.25) is 9.98 Å². The van der Waals surface area contributed by atoms with Crippen LogP contribution in [0.4, 0.5) is 0 Å². The largest absolute Gasteiger partial charge is 0.259 e. The Morgan fingerprint density at radius 2 is 0.807 bits per heavy atom. The van der Waals surface area contributed by atoms with Crippen LogP contribution in [0.1, 0.15) is 0 Å². The summed E-state index contributed by atoms with van der Waals surface area (Å²) in [6.45, 7) is 0.328. The van der Waals surface area contributed by atoms with Gasteiger partial charge in [-0.2, -0.15) is 0 Å². The minimum atomic E-state index is 0.328. The molecule has 0 atom stereocenters. The Balaban J connectivity index is 1.22. The lowest BCUT2D eigenvalue weighted by atomic mass is 9.95. The molecule has 0 radical (unpaired) electrons. The van der Waals surface area contributed by atoms with E-state index in [2.05, 4.69) is 158 Å². The Bertz CT molecular complexity index is 3480. The molecule has 0 saturated heterocycles. The van der Waals surface area contributed by atoms with E-state index >= 15 is 0 Å². The minimum Gasteiger partial charge on any atom is -0.259 e. The predicted molar refractivity (Wildman–Crippen MR) is 232 cm³/mol. The van der Waals surface area contributed by atoms with Crippen molar-refractivity contribution in [1.82, 2.24) is 19.9 Å². The molecule has 0 fully saturated rings. The number of aromatic nitrogens is 4. The average Bonchev–Trinajstić information content (AvgIpc) is 3.78. The fourth-order valence-corrected chi connectivity index (χ4v) is 8.77. The summed E-state index contributed by atoms with van der Waals surface area (Å²) >= 11 is 0. The van der Waals surface area contributed by atoms with Gasteiger partial charge in [-0.1, -0.05) is 146 Å². The van der Waals surface area contributed by atoms with Gasteiger partial charge in [-0.15, -0.1) is 0 Å². The molecule has 0 aliphatic carbocycles. The average molecular weight is 727 g/mol. The first-order chi connectivity index (χ1) is 28.3. The molecule has 0 unspecified atom stereocenters. The van der Waals surface area contributed by atoms with Gasteiger partial charge in [0.2, 0.25) is 0 Å².